The third-order valence-electron chi connectivity index (χ3n) is 6.91. The fourth-order valence-electron chi connectivity index (χ4n) is 4.68. The minimum Gasteiger partial charge on any atom is -0.444 e. The minimum atomic E-state index is -0.959. The summed E-state index contributed by atoms with van der Waals surface area (Å²) in [6.45, 7) is 14.1. The van der Waals surface area contributed by atoms with Crippen molar-refractivity contribution < 1.29 is 19.1 Å². The van der Waals surface area contributed by atoms with Crippen LogP contribution in [0.5, 0.6) is 0 Å². The number of nitrogens with one attached hydrogen (secondary N) is 2. The highest BCUT2D eigenvalue weighted by Crippen LogP contribution is 2.28. The fourth-order valence-corrected chi connectivity index (χ4v) is 4.68. The fraction of sp³-hybridized carbons (Fsp3) is 0.514. The SMILES string of the molecule is C#Cc1ccc(C(C(=O)NCCCC)N(C(=O)C(Cc2ccccc2)NC(=O)OC(C)(C)C)C(C)CCC(C)C)cc1. The van der Waals surface area contributed by atoms with Gasteiger partial charge in [-0.05, 0) is 76.1 Å². The van der Waals surface area contributed by atoms with Gasteiger partial charge in [-0.25, -0.2) is 4.79 Å². The van der Waals surface area contributed by atoms with Crippen LogP contribution in [0.3, 0.4) is 0 Å². The van der Waals surface area contributed by atoms with E-state index < -0.39 is 23.8 Å². The van der Waals surface area contributed by atoms with Crippen LogP contribution in [0.2, 0.25) is 0 Å². The molecule has 3 unspecified atom stereocenters. The molecule has 7 nitrogen and oxygen atoms in total. The molecule has 0 bridgehead atoms. The van der Waals surface area contributed by atoms with Gasteiger partial charge in [0.05, 0.1) is 0 Å². The first-order valence-electron chi connectivity index (χ1n) is 15.1. The van der Waals surface area contributed by atoms with Crippen molar-refractivity contribution in [1.29, 1.82) is 0 Å². The maximum absolute atomic E-state index is 14.7. The molecule has 228 valence electrons. The van der Waals surface area contributed by atoms with Crippen LogP contribution < -0.4 is 10.6 Å². The molecule has 0 fully saturated rings. The molecule has 3 amide bonds. The quantitative estimate of drug-likeness (QED) is 0.201. The van der Waals surface area contributed by atoms with Gasteiger partial charge in [-0.1, -0.05) is 75.6 Å². The number of terminal acetylenes is 1. The lowest BCUT2D eigenvalue weighted by Gasteiger charge is -2.39. The number of carbonyl (C=O) groups excluding carboxylic acids is 3. The molecule has 42 heavy (non-hydrogen) atoms. The lowest BCUT2D eigenvalue weighted by atomic mass is 9.95. The van der Waals surface area contributed by atoms with Gasteiger partial charge in [0.2, 0.25) is 11.8 Å². The predicted octanol–water partition coefficient (Wildman–Crippen LogP) is 6.41. The number of carbonyl (C=O) groups is 3. The summed E-state index contributed by atoms with van der Waals surface area (Å²) >= 11 is 0. The zero-order valence-corrected chi connectivity index (χ0v) is 26.4. The van der Waals surface area contributed by atoms with Gasteiger partial charge in [0.1, 0.15) is 17.7 Å². The van der Waals surface area contributed by atoms with Crippen molar-refractivity contribution >= 4 is 17.9 Å². The molecule has 2 rings (SSSR count). The zero-order valence-electron chi connectivity index (χ0n) is 26.4. The molecule has 0 spiro atoms. The van der Waals surface area contributed by atoms with Gasteiger partial charge in [-0.2, -0.15) is 0 Å². The van der Waals surface area contributed by atoms with Crippen molar-refractivity contribution in [1.82, 2.24) is 15.5 Å². The third-order valence-corrected chi connectivity index (χ3v) is 6.91. The van der Waals surface area contributed by atoms with E-state index in [9.17, 15) is 14.4 Å². The molecule has 0 aliphatic carbocycles. The monoisotopic (exact) mass is 575 g/mol. The van der Waals surface area contributed by atoms with E-state index >= 15 is 0 Å². The Hall–Kier alpha value is -3.79. The Balaban J connectivity index is 2.62. The van der Waals surface area contributed by atoms with Crippen LogP contribution in [-0.2, 0) is 20.7 Å². The highest BCUT2D eigenvalue weighted by atomic mass is 16.6. The molecule has 0 saturated carbocycles. The summed E-state index contributed by atoms with van der Waals surface area (Å²) in [5.74, 6) is 2.41. The first-order valence-corrected chi connectivity index (χ1v) is 15.1. The zero-order chi connectivity index (χ0) is 31.3. The number of amides is 3. The summed E-state index contributed by atoms with van der Waals surface area (Å²) in [4.78, 5) is 43.2. The Labute approximate surface area is 252 Å². The average molecular weight is 576 g/mol. The number of nitrogens with zero attached hydrogens (tertiary/aromatic N) is 1. The Morgan fingerprint density at radius 1 is 0.976 bits per heavy atom. The van der Waals surface area contributed by atoms with E-state index in [1.165, 1.54) is 0 Å². The summed E-state index contributed by atoms with van der Waals surface area (Å²) in [7, 11) is 0. The normalized spacial score (nSPS) is 13.4. The Morgan fingerprint density at radius 3 is 2.17 bits per heavy atom. The molecule has 0 radical (unpaired) electrons. The van der Waals surface area contributed by atoms with E-state index in [-0.39, 0.29) is 24.3 Å². The van der Waals surface area contributed by atoms with Crippen molar-refractivity contribution in [3.8, 4) is 12.3 Å². The molecule has 0 aliphatic rings. The van der Waals surface area contributed by atoms with Gasteiger partial charge < -0.3 is 20.3 Å². The summed E-state index contributed by atoms with van der Waals surface area (Å²) in [5, 5.41) is 5.87. The summed E-state index contributed by atoms with van der Waals surface area (Å²) in [6, 6.07) is 14.5. The molecular formula is C35H49N3O4. The Bertz CT molecular complexity index is 1180. The van der Waals surface area contributed by atoms with E-state index in [0.29, 0.717) is 30.0 Å². The van der Waals surface area contributed by atoms with Gasteiger partial charge in [-0.15, -0.1) is 6.42 Å². The third kappa shape index (κ3) is 11.2. The summed E-state index contributed by atoms with van der Waals surface area (Å²) in [6.07, 6.45) is 8.46. The highest BCUT2D eigenvalue weighted by molar-refractivity contribution is 5.92. The lowest BCUT2D eigenvalue weighted by molar-refractivity contribution is -0.145. The molecule has 0 aliphatic heterocycles. The topological polar surface area (TPSA) is 87.7 Å². The lowest BCUT2D eigenvalue weighted by Crippen LogP contribution is -2.56. The maximum atomic E-state index is 14.7. The van der Waals surface area contributed by atoms with Crippen molar-refractivity contribution in [3.05, 3.63) is 71.3 Å². The van der Waals surface area contributed by atoms with Crippen molar-refractivity contribution in [2.24, 2.45) is 5.92 Å². The molecule has 2 N–H and O–H groups in total. The number of alkyl carbamates (subject to hydrolysis) is 1. The van der Waals surface area contributed by atoms with Crippen LogP contribution in [0, 0.1) is 18.3 Å². The predicted molar refractivity (Wildman–Crippen MR) is 169 cm³/mol. The summed E-state index contributed by atoms with van der Waals surface area (Å²) in [5.41, 5.74) is 1.48. The summed E-state index contributed by atoms with van der Waals surface area (Å²) < 4.78 is 5.54. The number of hydrogen-bond donors (Lipinski definition) is 2. The van der Waals surface area contributed by atoms with E-state index in [0.717, 1.165) is 24.8 Å². The van der Waals surface area contributed by atoms with Crippen LogP contribution in [0.25, 0.3) is 0 Å². The van der Waals surface area contributed by atoms with Crippen molar-refractivity contribution in [3.63, 3.8) is 0 Å². The highest BCUT2D eigenvalue weighted by Gasteiger charge is 2.39. The second-order valence-corrected chi connectivity index (χ2v) is 12.3. The average Bonchev–Trinajstić information content (AvgIpc) is 2.93. The molecule has 2 aromatic carbocycles. The van der Waals surface area contributed by atoms with Crippen LogP contribution in [0.4, 0.5) is 4.79 Å². The molecular weight excluding hydrogens is 526 g/mol. The van der Waals surface area contributed by atoms with Crippen LogP contribution >= 0.6 is 0 Å². The van der Waals surface area contributed by atoms with E-state index in [1.54, 1.807) is 37.8 Å². The molecule has 2 aromatic rings. The number of ether oxygens (including phenoxy) is 1. The molecule has 3 atom stereocenters. The molecule has 0 aromatic heterocycles. The van der Waals surface area contributed by atoms with Gasteiger partial charge in [-0.3, -0.25) is 9.59 Å². The maximum Gasteiger partial charge on any atom is 0.408 e. The van der Waals surface area contributed by atoms with Crippen molar-refractivity contribution in [2.75, 3.05) is 6.54 Å². The number of benzene rings is 2. The Kier molecular flexibility index (Phi) is 13.6. The van der Waals surface area contributed by atoms with E-state index in [2.05, 4.69) is 37.3 Å². The van der Waals surface area contributed by atoms with Gasteiger partial charge in [0.15, 0.2) is 0 Å². The van der Waals surface area contributed by atoms with Crippen LogP contribution in [0.1, 0.15) is 96.9 Å². The van der Waals surface area contributed by atoms with E-state index in [1.807, 2.05) is 49.4 Å². The van der Waals surface area contributed by atoms with Crippen LogP contribution in [0.15, 0.2) is 54.6 Å². The second-order valence-electron chi connectivity index (χ2n) is 12.3. The smallest absolute Gasteiger partial charge is 0.408 e. The van der Waals surface area contributed by atoms with E-state index in [4.69, 9.17) is 11.2 Å². The number of hydrogen-bond acceptors (Lipinski definition) is 4. The van der Waals surface area contributed by atoms with Crippen molar-refractivity contribution in [2.45, 2.75) is 104 Å². The molecule has 0 saturated heterocycles. The van der Waals surface area contributed by atoms with Crippen LogP contribution in [-0.4, -0.2) is 47.0 Å². The standard InChI is InChI=1S/C35H49N3O4/c1-9-11-23-36-32(39)31(29-21-19-27(10-2)20-22-29)38(26(5)18-17-25(3)4)33(40)30(24-28-15-13-12-14-16-28)37-34(41)42-35(6,7)8/h2,12-16,19-22,25-26,30-31H,9,11,17-18,23-24H2,1,3-8H3,(H,36,39)(H,37,41). The second kappa shape index (κ2) is 16.6. The van der Waals surface area contributed by atoms with Gasteiger partial charge in [0, 0.05) is 24.6 Å². The first kappa shape index (κ1) is 34.4. The Morgan fingerprint density at radius 2 is 1.62 bits per heavy atom. The largest absolute Gasteiger partial charge is 0.444 e. The first-order chi connectivity index (χ1) is 19.9. The van der Waals surface area contributed by atoms with Gasteiger partial charge >= 0.3 is 6.09 Å². The van der Waals surface area contributed by atoms with Gasteiger partial charge in [0.25, 0.3) is 0 Å². The number of rotatable bonds is 14. The molecule has 0 heterocycles. The number of unbranched alkanes of at least 4 members (excludes halogenated alkanes) is 1. The molecule has 7 heteroatoms. The minimum absolute atomic E-state index is 0.243.